The topological polar surface area (TPSA) is 21.3 Å². The van der Waals surface area contributed by atoms with Crippen molar-refractivity contribution in [2.75, 3.05) is 0 Å². The number of ether oxygens (including phenoxy) is 1. The van der Waals surface area contributed by atoms with E-state index in [0.717, 1.165) is 13.0 Å². The van der Waals surface area contributed by atoms with E-state index in [1.807, 2.05) is 0 Å². The minimum atomic E-state index is 0.334. The third-order valence-electron chi connectivity index (χ3n) is 2.92. The second kappa shape index (κ2) is 7.46. The van der Waals surface area contributed by atoms with Crippen LogP contribution in [0.3, 0.4) is 0 Å². The third kappa shape index (κ3) is 5.33. The molecule has 0 fully saturated rings. The predicted molar refractivity (Wildman–Crippen MR) is 73.0 cm³/mol. The summed E-state index contributed by atoms with van der Waals surface area (Å²) < 4.78 is 5.80. The van der Waals surface area contributed by atoms with E-state index < -0.39 is 0 Å². The van der Waals surface area contributed by atoms with Gasteiger partial charge in [-0.25, -0.2) is 0 Å². The summed E-state index contributed by atoms with van der Waals surface area (Å²) in [6, 6.07) is 9.00. The van der Waals surface area contributed by atoms with Gasteiger partial charge in [-0.05, 0) is 24.5 Å². The second-order valence-electron chi connectivity index (χ2n) is 4.83. The molecule has 0 spiro atoms. The average molecular weight is 235 g/mol. The van der Waals surface area contributed by atoms with Crippen LogP contribution in [-0.4, -0.2) is 12.1 Å². The van der Waals surface area contributed by atoms with E-state index in [9.17, 15) is 0 Å². The van der Waals surface area contributed by atoms with Crippen molar-refractivity contribution < 1.29 is 4.74 Å². The molecule has 17 heavy (non-hydrogen) atoms. The van der Waals surface area contributed by atoms with Crippen LogP contribution < -0.4 is 5.32 Å². The lowest BCUT2D eigenvalue weighted by atomic mass is 10.1. The summed E-state index contributed by atoms with van der Waals surface area (Å²) >= 11 is 0. The maximum absolute atomic E-state index is 5.80. The molecule has 0 amide bonds. The fourth-order valence-corrected chi connectivity index (χ4v) is 1.53. The van der Waals surface area contributed by atoms with Gasteiger partial charge in [0.15, 0.2) is 0 Å². The highest BCUT2D eigenvalue weighted by Gasteiger charge is 2.04. The lowest BCUT2D eigenvalue weighted by molar-refractivity contribution is 0.0504. The zero-order valence-electron chi connectivity index (χ0n) is 11.5. The highest BCUT2D eigenvalue weighted by molar-refractivity contribution is 5.26. The van der Waals surface area contributed by atoms with Crippen LogP contribution in [0.5, 0.6) is 0 Å². The maximum atomic E-state index is 5.80. The van der Waals surface area contributed by atoms with E-state index in [2.05, 4.69) is 57.3 Å². The van der Waals surface area contributed by atoms with E-state index >= 15 is 0 Å². The molecule has 0 saturated heterocycles. The van der Waals surface area contributed by atoms with E-state index in [-0.39, 0.29) is 0 Å². The Morgan fingerprint density at radius 1 is 1.12 bits per heavy atom. The first-order valence-electron chi connectivity index (χ1n) is 6.55. The zero-order chi connectivity index (χ0) is 12.7. The molecule has 0 aliphatic heterocycles. The van der Waals surface area contributed by atoms with Gasteiger partial charge in [0, 0.05) is 12.6 Å². The van der Waals surface area contributed by atoms with Gasteiger partial charge in [-0.15, -0.1) is 0 Å². The maximum Gasteiger partial charge on any atom is 0.0723 e. The Kier molecular flexibility index (Phi) is 6.23. The Morgan fingerprint density at radius 2 is 1.76 bits per heavy atom. The first kappa shape index (κ1) is 14.2. The Bertz CT molecular complexity index is 322. The van der Waals surface area contributed by atoms with Crippen LogP contribution >= 0.6 is 0 Å². The van der Waals surface area contributed by atoms with Gasteiger partial charge in [-0.3, -0.25) is 0 Å². The average Bonchev–Trinajstić information content (AvgIpc) is 2.34. The molecule has 0 bridgehead atoms. The van der Waals surface area contributed by atoms with Gasteiger partial charge in [0.2, 0.25) is 0 Å². The molecule has 0 saturated carbocycles. The van der Waals surface area contributed by atoms with Crippen molar-refractivity contribution in [2.45, 2.75) is 59.4 Å². The molecule has 1 atom stereocenters. The van der Waals surface area contributed by atoms with Gasteiger partial charge in [0.05, 0.1) is 12.7 Å². The van der Waals surface area contributed by atoms with Crippen LogP contribution in [0.25, 0.3) is 0 Å². The number of benzene rings is 1. The molecule has 0 aliphatic carbocycles. The molecule has 1 rings (SSSR count). The standard InChI is InChI=1S/C15H25NO/c1-5-13(4)17-11-15-9-7-6-8-14(15)10-16-12(2)3/h6-9,12-13,16H,5,10-11H2,1-4H3. The Hall–Kier alpha value is -0.860. The Labute approximate surface area is 105 Å². The quantitative estimate of drug-likeness (QED) is 0.781. The second-order valence-corrected chi connectivity index (χ2v) is 4.83. The van der Waals surface area contributed by atoms with Crippen LogP contribution in [0.2, 0.25) is 0 Å². The molecule has 1 aromatic carbocycles. The third-order valence-corrected chi connectivity index (χ3v) is 2.92. The van der Waals surface area contributed by atoms with Crippen LogP contribution in [0.4, 0.5) is 0 Å². The van der Waals surface area contributed by atoms with Crippen molar-refractivity contribution in [1.82, 2.24) is 5.32 Å². The van der Waals surface area contributed by atoms with Gasteiger partial charge in [-0.1, -0.05) is 45.0 Å². The molecule has 96 valence electrons. The van der Waals surface area contributed by atoms with Crippen molar-refractivity contribution in [3.05, 3.63) is 35.4 Å². The Balaban J connectivity index is 2.57. The molecular weight excluding hydrogens is 210 g/mol. The van der Waals surface area contributed by atoms with Gasteiger partial charge in [0.25, 0.3) is 0 Å². The van der Waals surface area contributed by atoms with Crippen LogP contribution in [0, 0.1) is 0 Å². The Morgan fingerprint density at radius 3 is 2.35 bits per heavy atom. The monoisotopic (exact) mass is 235 g/mol. The molecular formula is C15H25NO. The molecule has 1 unspecified atom stereocenters. The van der Waals surface area contributed by atoms with Crippen LogP contribution in [0.15, 0.2) is 24.3 Å². The minimum absolute atomic E-state index is 0.334. The summed E-state index contributed by atoms with van der Waals surface area (Å²) in [5.74, 6) is 0. The van der Waals surface area contributed by atoms with E-state index in [4.69, 9.17) is 4.74 Å². The van der Waals surface area contributed by atoms with Gasteiger partial charge in [-0.2, -0.15) is 0 Å². The van der Waals surface area contributed by atoms with Crippen LogP contribution in [0.1, 0.15) is 45.2 Å². The summed E-state index contributed by atoms with van der Waals surface area (Å²) in [7, 11) is 0. The summed E-state index contributed by atoms with van der Waals surface area (Å²) in [6.07, 6.45) is 1.40. The number of hydrogen-bond acceptors (Lipinski definition) is 2. The molecule has 2 heteroatoms. The number of nitrogens with one attached hydrogen (secondary N) is 1. The van der Waals surface area contributed by atoms with Crippen molar-refractivity contribution in [3.63, 3.8) is 0 Å². The molecule has 2 nitrogen and oxygen atoms in total. The van der Waals surface area contributed by atoms with E-state index in [1.165, 1.54) is 11.1 Å². The van der Waals surface area contributed by atoms with Gasteiger partial charge in [0.1, 0.15) is 0 Å². The largest absolute Gasteiger partial charge is 0.374 e. The van der Waals surface area contributed by atoms with Crippen molar-refractivity contribution in [2.24, 2.45) is 0 Å². The normalized spacial score (nSPS) is 13.0. The SMILES string of the molecule is CCC(C)OCc1ccccc1CNC(C)C. The highest BCUT2D eigenvalue weighted by atomic mass is 16.5. The van der Waals surface area contributed by atoms with Gasteiger partial charge >= 0.3 is 0 Å². The predicted octanol–water partition coefficient (Wildman–Crippen LogP) is 3.50. The fraction of sp³-hybridized carbons (Fsp3) is 0.600. The lowest BCUT2D eigenvalue weighted by Gasteiger charge is -2.15. The molecule has 0 aromatic heterocycles. The number of hydrogen-bond donors (Lipinski definition) is 1. The van der Waals surface area contributed by atoms with Crippen LogP contribution in [-0.2, 0) is 17.9 Å². The smallest absolute Gasteiger partial charge is 0.0723 e. The van der Waals surface area contributed by atoms with E-state index in [1.54, 1.807) is 0 Å². The molecule has 1 aromatic rings. The minimum Gasteiger partial charge on any atom is -0.374 e. The van der Waals surface area contributed by atoms with Gasteiger partial charge < -0.3 is 10.1 Å². The molecule has 0 radical (unpaired) electrons. The summed E-state index contributed by atoms with van der Waals surface area (Å²) in [5.41, 5.74) is 2.63. The highest BCUT2D eigenvalue weighted by Crippen LogP contribution is 2.12. The van der Waals surface area contributed by atoms with Crippen molar-refractivity contribution >= 4 is 0 Å². The first-order chi connectivity index (χ1) is 8.13. The lowest BCUT2D eigenvalue weighted by Crippen LogP contribution is -2.22. The van der Waals surface area contributed by atoms with E-state index in [0.29, 0.717) is 18.8 Å². The molecule has 0 heterocycles. The molecule has 1 N–H and O–H groups in total. The van der Waals surface area contributed by atoms with Crippen molar-refractivity contribution in [1.29, 1.82) is 0 Å². The number of rotatable bonds is 7. The summed E-state index contributed by atoms with van der Waals surface area (Å²) in [6.45, 7) is 10.2. The fourth-order valence-electron chi connectivity index (χ4n) is 1.53. The molecule has 0 aliphatic rings. The summed E-state index contributed by atoms with van der Waals surface area (Å²) in [5, 5.41) is 3.45. The zero-order valence-corrected chi connectivity index (χ0v) is 11.5. The summed E-state index contributed by atoms with van der Waals surface area (Å²) in [4.78, 5) is 0. The van der Waals surface area contributed by atoms with Crippen molar-refractivity contribution in [3.8, 4) is 0 Å². The first-order valence-corrected chi connectivity index (χ1v) is 6.55.